The maximum atomic E-state index is 13.1. The fraction of sp³-hybridized carbons (Fsp3) is 0.300. The van der Waals surface area contributed by atoms with Crippen molar-refractivity contribution < 1.29 is 28.3 Å². The van der Waals surface area contributed by atoms with Crippen LogP contribution in [-0.2, 0) is 21.4 Å². The number of nitrogens with zero attached hydrogens (tertiary/aromatic N) is 2. The summed E-state index contributed by atoms with van der Waals surface area (Å²) in [5, 5.41) is 19.9. The van der Waals surface area contributed by atoms with Crippen molar-refractivity contribution in [3.05, 3.63) is 53.5 Å². The number of rotatable bonds is 6. The fourth-order valence-electron chi connectivity index (χ4n) is 3.56. The Balaban J connectivity index is 1.49. The van der Waals surface area contributed by atoms with Gasteiger partial charge < -0.3 is 9.84 Å². The lowest BCUT2D eigenvalue weighted by molar-refractivity contribution is -0.138. The van der Waals surface area contributed by atoms with Crippen LogP contribution >= 0.6 is 11.3 Å². The number of carbonyl (C=O) groups is 1. The Morgan fingerprint density at radius 1 is 1.23 bits per heavy atom. The lowest BCUT2D eigenvalue weighted by Crippen LogP contribution is -2.57. The third-order valence-electron chi connectivity index (χ3n) is 5.06. The minimum atomic E-state index is -4.06. The van der Waals surface area contributed by atoms with Crippen LogP contribution in [0.3, 0.4) is 0 Å². The average molecular weight is 464 g/mol. The molecule has 2 heterocycles. The maximum absolute atomic E-state index is 13.1. The zero-order chi connectivity index (χ0) is 22.0. The minimum Gasteiger partial charge on any atom is -0.486 e. The van der Waals surface area contributed by atoms with Crippen LogP contribution in [0.2, 0.25) is 0 Å². The molecule has 3 N–H and O–H groups in total. The molecule has 1 saturated heterocycles. The second-order valence-electron chi connectivity index (χ2n) is 7.08. The van der Waals surface area contributed by atoms with E-state index in [-0.39, 0.29) is 24.5 Å². The number of hydrogen-bond donors (Lipinski definition) is 3. The number of nitrogens with one attached hydrogen (secondary N) is 1. The van der Waals surface area contributed by atoms with Gasteiger partial charge >= 0.3 is 0 Å². The molecule has 0 bridgehead atoms. The van der Waals surface area contributed by atoms with Crippen molar-refractivity contribution in [2.24, 2.45) is 0 Å². The van der Waals surface area contributed by atoms with E-state index in [1.807, 2.05) is 24.3 Å². The number of thiazole rings is 1. The highest BCUT2D eigenvalue weighted by Crippen LogP contribution is 2.28. The molecule has 2 atom stereocenters. The largest absolute Gasteiger partial charge is 0.486 e. The molecular weight excluding hydrogens is 442 g/mol. The van der Waals surface area contributed by atoms with Crippen LogP contribution in [0.1, 0.15) is 17.8 Å². The first-order valence-electron chi connectivity index (χ1n) is 9.61. The van der Waals surface area contributed by atoms with E-state index in [4.69, 9.17) is 9.94 Å². The van der Waals surface area contributed by atoms with Crippen LogP contribution in [-0.4, -0.2) is 52.6 Å². The van der Waals surface area contributed by atoms with Gasteiger partial charge in [0.2, 0.25) is 10.0 Å². The number of aliphatic hydroxyl groups is 1. The molecule has 0 saturated carbocycles. The van der Waals surface area contributed by atoms with E-state index in [9.17, 15) is 18.3 Å². The number of ether oxygens (including phenoxy) is 1. The Morgan fingerprint density at radius 3 is 2.68 bits per heavy atom. The molecule has 0 radical (unpaired) electrons. The summed E-state index contributed by atoms with van der Waals surface area (Å²) in [4.78, 5) is 16.4. The fourth-order valence-corrected chi connectivity index (χ4v) is 6.09. The number of hydrogen-bond acceptors (Lipinski definition) is 8. The van der Waals surface area contributed by atoms with Crippen LogP contribution in [0.15, 0.2) is 53.4 Å². The number of fused-ring (bicyclic) bond motifs is 1. The molecule has 1 aromatic heterocycles. The smallest absolute Gasteiger partial charge is 0.264 e. The molecule has 1 fully saturated rings. The summed E-state index contributed by atoms with van der Waals surface area (Å²) in [7, 11) is -4.06. The summed E-state index contributed by atoms with van der Waals surface area (Å²) < 4.78 is 33.8. The monoisotopic (exact) mass is 463 g/mol. The average Bonchev–Trinajstić information content (AvgIpc) is 3.20. The number of benzene rings is 2. The molecule has 2 aromatic carbocycles. The number of piperidine rings is 1. The highest BCUT2D eigenvalue weighted by molar-refractivity contribution is 7.89. The van der Waals surface area contributed by atoms with Gasteiger partial charge in [-0.25, -0.2) is 18.9 Å². The normalized spacial score (nSPS) is 19.9. The number of carbonyl (C=O) groups excluding carboxylic acids is 1. The number of aliphatic hydroxyl groups excluding tert-OH is 1. The second kappa shape index (κ2) is 8.89. The van der Waals surface area contributed by atoms with Crippen LogP contribution in [0.25, 0.3) is 10.2 Å². The SMILES string of the molecule is O=C(NO)[C@H]1[C@@H](O)CCCN1S(=O)(=O)c1ccc(OCc2nc3ccccc3s2)cc1. The number of para-hydroxylation sites is 1. The molecular formula is C20H21N3O6S2. The van der Waals surface area contributed by atoms with Gasteiger partial charge in [0.05, 0.1) is 21.2 Å². The Bertz CT molecular complexity index is 1150. The molecule has 31 heavy (non-hydrogen) atoms. The molecule has 3 aromatic rings. The van der Waals surface area contributed by atoms with E-state index in [1.165, 1.54) is 41.1 Å². The topological polar surface area (TPSA) is 129 Å². The lowest BCUT2D eigenvalue weighted by Gasteiger charge is -2.36. The van der Waals surface area contributed by atoms with Crippen molar-refractivity contribution in [2.45, 2.75) is 36.5 Å². The number of aromatic nitrogens is 1. The Hall–Kier alpha value is -2.57. The van der Waals surface area contributed by atoms with E-state index >= 15 is 0 Å². The van der Waals surface area contributed by atoms with Crippen LogP contribution < -0.4 is 10.2 Å². The van der Waals surface area contributed by atoms with Crippen LogP contribution in [0.4, 0.5) is 0 Å². The summed E-state index contributed by atoms with van der Waals surface area (Å²) in [5.74, 6) is -0.493. The van der Waals surface area contributed by atoms with Gasteiger partial charge in [-0.15, -0.1) is 11.3 Å². The van der Waals surface area contributed by atoms with Crippen molar-refractivity contribution in [1.82, 2.24) is 14.8 Å². The zero-order valence-corrected chi connectivity index (χ0v) is 18.0. The number of hydroxylamine groups is 1. The molecule has 4 rings (SSSR count). The van der Waals surface area contributed by atoms with Crippen molar-refractivity contribution >= 4 is 37.5 Å². The van der Waals surface area contributed by atoms with Crippen molar-refractivity contribution in [3.8, 4) is 5.75 Å². The van der Waals surface area contributed by atoms with E-state index in [1.54, 1.807) is 0 Å². The predicted octanol–water partition coefficient (Wildman–Crippen LogP) is 1.89. The van der Waals surface area contributed by atoms with Gasteiger partial charge in [-0.05, 0) is 49.2 Å². The molecule has 0 aliphatic carbocycles. The zero-order valence-electron chi connectivity index (χ0n) is 16.3. The summed E-state index contributed by atoms with van der Waals surface area (Å²) >= 11 is 1.53. The Morgan fingerprint density at radius 2 is 1.97 bits per heavy atom. The van der Waals surface area contributed by atoms with Gasteiger partial charge in [0.15, 0.2) is 0 Å². The van der Waals surface area contributed by atoms with Gasteiger partial charge in [-0.3, -0.25) is 10.0 Å². The summed E-state index contributed by atoms with van der Waals surface area (Å²) in [6, 6.07) is 12.2. The van der Waals surface area contributed by atoms with Crippen LogP contribution in [0.5, 0.6) is 5.75 Å². The maximum Gasteiger partial charge on any atom is 0.264 e. The summed E-state index contributed by atoms with van der Waals surface area (Å²) in [6.45, 7) is 0.315. The van der Waals surface area contributed by atoms with Gasteiger partial charge in [-0.2, -0.15) is 4.31 Å². The Kier molecular flexibility index (Phi) is 6.21. The molecule has 1 amide bonds. The van der Waals surface area contributed by atoms with Crippen LogP contribution in [0, 0.1) is 0 Å². The van der Waals surface area contributed by atoms with Gasteiger partial charge in [0.25, 0.3) is 5.91 Å². The quantitative estimate of drug-likeness (QED) is 0.376. The molecule has 11 heteroatoms. The van der Waals surface area contributed by atoms with Gasteiger partial charge in [-0.1, -0.05) is 12.1 Å². The van der Waals surface area contributed by atoms with E-state index in [0.717, 1.165) is 19.5 Å². The summed E-state index contributed by atoms with van der Waals surface area (Å²) in [5.41, 5.74) is 2.34. The standard InChI is InChI=1S/C20H21N3O6S2/c24-16-5-3-11-23(19(16)20(25)22-26)31(27,28)14-9-7-13(8-10-14)29-12-18-21-15-4-1-2-6-17(15)30-18/h1-2,4,6-10,16,19,24,26H,3,5,11-12H2,(H,22,25)/t16-,19+/m0/s1. The first-order chi connectivity index (χ1) is 14.9. The van der Waals surface area contributed by atoms with E-state index in [0.29, 0.717) is 12.2 Å². The molecule has 1 aliphatic rings. The first kappa shape index (κ1) is 21.7. The summed E-state index contributed by atoms with van der Waals surface area (Å²) in [6.07, 6.45) is -0.533. The molecule has 164 valence electrons. The van der Waals surface area contributed by atoms with Crippen molar-refractivity contribution in [2.75, 3.05) is 6.54 Å². The number of amides is 1. The molecule has 0 unspecified atom stereocenters. The van der Waals surface area contributed by atoms with Crippen molar-refractivity contribution in [3.63, 3.8) is 0 Å². The van der Waals surface area contributed by atoms with Gasteiger partial charge in [0.1, 0.15) is 23.4 Å². The highest BCUT2D eigenvalue weighted by atomic mass is 32.2. The second-order valence-corrected chi connectivity index (χ2v) is 10.1. The third kappa shape index (κ3) is 4.41. The van der Waals surface area contributed by atoms with E-state index < -0.39 is 28.1 Å². The van der Waals surface area contributed by atoms with Gasteiger partial charge in [0, 0.05) is 6.54 Å². The minimum absolute atomic E-state index is 0.0373. The predicted molar refractivity (Wildman–Crippen MR) is 113 cm³/mol. The highest BCUT2D eigenvalue weighted by Gasteiger charge is 2.42. The van der Waals surface area contributed by atoms with Crippen molar-refractivity contribution in [1.29, 1.82) is 0 Å². The molecule has 9 nitrogen and oxygen atoms in total. The Labute approximate surface area is 182 Å². The third-order valence-corrected chi connectivity index (χ3v) is 7.97. The van der Waals surface area contributed by atoms with E-state index in [2.05, 4.69) is 4.98 Å². The lowest BCUT2D eigenvalue weighted by atomic mass is 10.0. The first-order valence-corrected chi connectivity index (χ1v) is 11.9. The number of sulfonamides is 1. The molecule has 1 aliphatic heterocycles. The molecule has 0 spiro atoms.